The molecular weight excluding hydrogens is 317 g/mol. The van der Waals surface area contributed by atoms with Crippen molar-refractivity contribution in [3.05, 3.63) is 52.6 Å². The Morgan fingerprint density at radius 1 is 1.30 bits per heavy atom. The largest absolute Gasteiger partial charge is 0.330 e. The van der Waals surface area contributed by atoms with Gasteiger partial charge in [-0.2, -0.15) is 5.10 Å². The number of likely N-dealkylation sites (tertiary alicyclic amines) is 1. The highest BCUT2D eigenvalue weighted by molar-refractivity contribution is 6.31. The van der Waals surface area contributed by atoms with Crippen molar-refractivity contribution in [3.63, 3.8) is 0 Å². The zero-order valence-electron chi connectivity index (χ0n) is 13.0. The Kier molecular flexibility index (Phi) is 4.66. The number of rotatable bonds is 2. The minimum atomic E-state index is -0.489. The van der Waals surface area contributed by atoms with Crippen molar-refractivity contribution in [1.29, 1.82) is 0 Å². The van der Waals surface area contributed by atoms with Gasteiger partial charge in [0.25, 0.3) is 5.91 Å². The number of aromatic nitrogens is 2. The van der Waals surface area contributed by atoms with Crippen molar-refractivity contribution in [2.24, 2.45) is 7.05 Å². The number of amides is 1. The van der Waals surface area contributed by atoms with Crippen molar-refractivity contribution in [2.45, 2.75) is 31.7 Å². The second kappa shape index (κ2) is 6.71. The summed E-state index contributed by atoms with van der Waals surface area (Å²) in [6.07, 6.45) is 5.36. The van der Waals surface area contributed by atoms with Crippen LogP contribution in [-0.4, -0.2) is 27.1 Å². The fraction of sp³-hybridized carbons (Fsp3) is 0.412. The first kappa shape index (κ1) is 16.0. The monoisotopic (exact) mass is 335 g/mol. The molecule has 0 saturated carbocycles. The highest BCUT2D eigenvalue weighted by Crippen LogP contribution is 2.34. The van der Waals surface area contributed by atoms with Crippen LogP contribution in [-0.2, 0) is 7.05 Å². The van der Waals surface area contributed by atoms with Crippen LogP contribution in [0.15, 0.2) is 30.5 Å². The topological polar surface area (TPSA) is 38.1 Å². The summed E-state index contributed by atoms with van der Waals surface area (Å²) in [6.45, 7) is 0.597. The highest BCUT2D eigenvalue weighted by atomic mass is 35.5. The molecule has 0 spiro atoms. The Morgan fingerprint density at radius 2 is 2.09 bits per heavy atom. The van der Waals surface area contributed by atoms with Crippen molar-refractivity contribution in [2.75, 3.05) is 6.54 Å². The van der Waals surface area contributed by atoms with Crippen LogP contribution in [0.3, 0.4) is 0 Å². The van der Waals surface area contributed by atoms with Gasteiger partial charge in [-0.3, -0.25) is 9.48 Å². The summed E-state index contributed by atoms with van der Waals surface area (Å²) in [5, 5.41) is 4.73. The maximum atomic E-state index is 14.0. The molecule has 6 heteroatoms. The molecule has 1 atom stereocenters. The lowest BCUT2D eigenvalue weighted by atomic mass is 10.0. The summed E-state index contributed by atoms with van der Waals surface area (Å²) in [5.41, 5.74) is 0.927. The summed E-state index contributed by atoms with van der Waals surface area (Å²) < 4.78 is 15.7. The lowest BCUT2D eigenvalue weighted by molar-refractivity contribution is 0.0669. The molecule has 1 aromatic carbocycles. The standard InChI is InChI=1S/C17H19ClFN3O/c1-21-16(13(18)11-20-21)15-9-3-2-6-10-22(15)17(23)12-7-4-5-8-14(12)19/h4-5,7-8,11,15H,2-3,6,9-10H2,1H3. The van der Waals surface area contributed by atoms with Crippen LogP contribution in [0.25, 0.3) is 0 Å². The van der Waals surface area contributed by atoms with Crippen LogP contribution >= 0.6 is 11.6 Å². The van der Waals surface area contributed by atoms with E-state index in [1.165, 1.54) is 12.1 Å². The van der Waals surface area contributed by atoms with E-state index in [0.29, 0.717) is 11.6 Å². The van der Waals surface area contributed by atoms with E-state index in [9.17, 15) is 9.18 Å². The first-order valence-electron chi connectivity index (χ1n) is 7.82. The molecule has 1 aromatic heterocycles. The fourth-order valence-corrected chi connectivity index (χ4v) is 3.51. The van der Waals surface area contributed by atoms with Gasteiger partial charge in [0.2, 0.25) is 0 Å². The lowest BCUT2D eigenvalue weighted by Crippen LogP contribution is -2.36. The quantitative estimate of drug-likeness (QED) is 0.832. The van der Waals surface area contributed by atoms with Gasteiger partial charge >= 0.3 is 0 Å². The van der Waals surface area contributed by atoms with Crippen molar-refractivity contribution >= 4 is 17.5 Å². The molecule has 3 rings (SSSR count). The van der Waals surface area contributed by atoms with E-state index in [-0.39, 0.29) is 17.5 Å². The van der Waals surface area contributed by atoms with Gasteiger partial charge in [-0.05, 0) is 25.0 Å². The maximum Gasteiger partial charge on any atom is 0.257 e. The summed E-state index contributed by atoms with van der Waals surface area (Å²) in [7, 11) is 1.82. The summed E-state index contributed by atoms with van der Waals surface area (Å²) >= 11 is 6.28. The molecule has 1 aliphatic heterocycles. The molecule has 1 fully saturated rings. The second-order valence-corrected chi connectivity index (χ2v) is 6.25. The summed E-state index contributed by atoms with van der Waals surface area (Å²) in [5.74, 6) is -0.774. The molecule has 0 N–H and O–H groups in total. The minimum absolute atomic E-state index is 0.109. The molecule has 1 amide bonds. The Morgan fingerprint density at radius 3 is 2.78 bits per heavy atom. The molecule has 1 aliphatic rings. The molecule has 4 nitrogen and oxygen atoms in total. The van der Waals surface area contributed by atoms with Crippen LogP contribution < -0.4 is 0 Å². The number of hydrogen-bond acceptors (Lipinski definition) is 2. The Hall–Kier alpha value is -1.88. The number of aryl methyl sites for hydroxylation is 1. The van der Waals surface area contributed by atoms with Crippen LogP contribution in [0.1, 0.15) is 47.8 Å². The first-order valence-corrected chi connectivity index (χ1v) is 8.20. The van der Waals surface area contributed by atoms with Gasteiger partial charge in [-0.25, -0.2) is 4.39 Å². The third-order valence-electron chi connectivity index (χ3n) is 4.37. The zero-order chi connectivity index (χ0) is 16.4. The second-order valence-electron chi connectivity index (χ2n) is 5.84. The van der Waals surface area contributed by atoms with E-state index in [4.69, 9.17) is 11.6 Å². The molecule has 23 heavy (non-hydrogen) atoms. The van der Waals surface area contributed by atoms with Gasteiger partial charge in [-0.1, -0.05) is 36.6 Å². The van der Waals surface area contributed by atoms with E-state index in [2.05, 4.69) is 5.10 Å². The fourth-order valence-electron chi connectivity index (χ4n) is 3.22. The Labute approximate surface area is 139 Å². The maximum absolute atomic E-state index is 14.0. The summed E-state index contributed by atoms with van der Waals surface area (Å²) in [4.78, 5) is 14.7. The number of nitrogens with zero attached hydrogens (tertiary/aromatic N) is 3. The summed E-state index contributed by atoms with van der Waals surface area (Å²) in [6, 6.07) is 5.94. The van der Waals surface area contributed by atoms with E-state index < -0.39 is 5.82 Å². The molecule has 1 unspecified atom stereocenters. The van der Waals surface area contributed by atoms with Gasteiger partial charge in [0.05, 0.1) is 28.5 Å². The molecule has 0 radical (unpaired) electrons. The minimum Gasteiger partial charge on any atom is -0.330 e. The van der Waals surface area contributed by atoms with Crippen molar-refractivity contribution in [3.8, 4) is 0 Å². The molecule has 1 saturated heterocycles. The predicted octanol–water partition coefficient (Wildman–Crippen LogP) is 3.97. The van der Waals surface area contributed by atoms with Gasteiger partial charge in [0, 0.05) is 13.6 Å². The smallest absolute Gasteiger partial charge is 0.257 e. The number of benzene rings is 1. The number of carbonyl (C=O) groups excluding carboxylic acids is 1. The molecule has 0 bridgehead atoms. The average molecular weight is 336 g/mol. The van der Waals surface area contributed by atoms with Crippen LogP contribution in [0.5, 0.6) is 0 Å². The average Bonchev–Trinajstić information content (AvgIpc) is 2.75. The normalized spacial score (nSPS) is 18.7. The third kappa shape index (κ3) is 3.11. The molecule has 0 aliphatic carbocycles. The first-order chi connectivity index (χ1) is 11.1. The van der Waals surface area contributed by atoms with E-state index in [1.54, 1.807) is 27.9 Å². The molecule has 2 heterocycles. The number of hydrogen-bond donors (Lipinski definition) is 0. The van der Waals surface area contributed by atoms with Gasteiger partial charge < -0.3 is 4.90 Å². The van der Waals surface area contributed by atoms with Crippen molar-refractivity contribution in [1.82, 2.24) is 14.7 Å². The number of carbonyl (C=O) groups is 1. The van der Waals surface area contributed by atoms with Gasteiger partial charge in [0.15, 0.2) is 0 Å². The molecule has 122 valence electrons. The van der Waals surface area contributed by atoms with Gasteiger partial charge in [-0.15, -0.1) is 0 Å². The number of halogens is 2. The van der Waals surface area contributed by atoms with E-state index in [0.717, 1.165) is 31.4 Å². The lowest BCUT2D eigenvalue weighted by Gasteiger charge is -2.30. The Balaban J connectivity index is 2.00. The zero-order valence-corrected chi connectivity index (χ0v) is 13.8. The molecule has 2 aromatic rings. The van der Waals surface area contributed by atoms with E-state index >= 15 is 0 Å². The van der Waals surface area contributed by atoms with Crippen LogP contribution in [0.4, 0.5) is 4.39 Å². The highest BCUT2D eigenvalue weighted by Gasteiger charge is 2.32. The Bertz CT molecular complexity index is 696. The van der Waals surface area contributed by atoms with Gasteiger partial charge in [0.1, 0.15) is 5.82 Å². The van der Waals surface area contributed by atoms with E-state index in [1.807, 2.05) is 7.05 Å². The van der Waals surface area contributed by atoms with Crippen molar-refractivity contribution < 1.29 is 9.18 Å². The third-order valence-corrected chi connectivity index (χ3v) is 4.66. The predicted molar refractivity (Wildman–Crippen MR) is 86.9 cm³/mol. The van der Waals surface area contributed by atoms with Crippen LogP contribution in [0.2, 0.25) is 5.02 Å². The molecular formula is C17H19ClFN3O. The van der Waals surface area contributed by atoms with Crippen LogP contribution in [0, 0.1) is 5.82 Å². The SMILES string of the molecule is Cn1ncc(Cl)c1C1CCCCCN1C(=O)c1ccccc1F.